The lowest BCUT2D eigenvalue weighted by Crippen LogP contribution is -2.15. The Morgan fingerprint density at radius 1 is 1.04 bits per heavy atom. The molecule has 0 atom stereocenters. The normalized spacial score (nSPS) is 11.0. The highest BCUT2D eigenvalue weighted by Crippen LogP contribution is 2.26. The van der Waals surface area contributed by atoms with Gasteiger partial charge in [-0.2, -0.15) is 0 Å². The molecule has 0 radical (unpaired) electrons. The van der Waals surface area contributed by atoms with E-state index in [4.69, 9.17) is 4.52 Å². The van der Waals surface area contributed by atoms with Crippen molar-refractivity contribution >= 4 is 17.4 Å². The summed E-state index contributed by atoms with van der Waals surface area (Å²) in [6, 6.07) is 13.5. The second-order valence-corrected chi connectivity index (χ2v) is 6.39. The largest absolute Gasteiger partial charge is 0.360 e. The van der Waals surface area contributed by atoms with E-state index >= 15 is 0 Å². The number of nitrogens with zero attached hydrogens (tertiary/aromatic N) is 3. The van der Waals surface area contributed by atoms with E-state index in [1.807, 2.05) is 60.8 Å². The van der Waals surface area contributed by atoms with Crippen LogP contribution < -0.4 is 5.32 Å². The van der Waals surface area contributed by atoms with E-state index in [1.165, 1.54) is 0 Å². The Balaban J connectivity index is 1.87. The summed E-state index contributed by atoms with van der Waals surface area (Å²) in [4.78, 5) is 17.7. The van der Waals surface area contributed by atoms with Crippen molar-refractivity contribution in [3.05, 3.63) is 71.2 Å². The first-order chi connectivity index (χ1) is 12.5. The van der Waals surface area contributed by atoms with Crippen molar-refractivity contribution in [1.29, 1.82) is 0 Å². The third kappa shape index (κ3) is 2.86. The van der Waals surface area contributed by atoms with Gasteiger partial charge in [0.05, 0.1) is 0 Å². The molecule has 130 valence electrons. The maximum atomic E-state index is 13.0. The number of pyridine rings is 1. The minimum Gasteiger partial charge on any atom is -0.360 e. The number of nitrogens with one attached hydrogen (secondary N) is 1. The first-order valence-electron chi connectivity index (χ1n) is 8.32. The summed E-state index contributed by atoms with van der Waals surface area (Å²) < 4.78 is 6.84. The lowest BCUT2D eigenvalue weighted by Gasteiger charge is -2.06. The predicted octanol–water partition coefficient (Wildman–Crippen LogP) is 4.17. The molecule has 4 rings (SSSR count). The molecule has 0 saturated carbocycles. The molecule has 4 aromatic rings. The number of benzene rings is 1. The molecule has 0 saturated heterocycles. The van der Waals surface area contributed by atoms with Crippen molar-refractivity contribution in [2.45, 2.75) is 20.8 Å². The molecule has 0 aliphatic carbocycles. The maximum Gasteiger partial charge on any atom is 0.276 e. The van der Waals surface area contributed by atoms with Gasteiger partial charge in [0.2, 0.25) is 0 Å². The Morgan fingerprint density at radius 2 is 1.77 bits per heavy atom. The molecule has 6 heteroatoms. The van der Waals surface area contributed by atoms with Crippen LogP contribution in [-0.4, -0.2) is 20.4 Å². The van der Waals surface area contributed by atoms with Crippen LogP contribution in [-0.2, 0) is 0 Å². The van der Waals surface area contributed by atoms with Crippen molar-refractivity contribution in [2.24, 2.45) is 0 Å². The van der Waals surface area contributed by atoms with Gasteiger partial charge in [-0.25, -0.2) is 4.98 Å². The van der Waals surface area contributed by atoms with E-state index in [0.29, 0.717) is 28.6 Å². The number of rotatable bonds is 3. The fourth-order valence-electron chi connectivity index (χ4n) is 2.88. The van der Waals surface area contributed by atoms with Gasteiger partial charge in [-0.15, -0.1) is 0 Å². The number of anilines is 1. The van der Waals surface area contributed by atoms with Crippen molar-refractivity contribution in [1.82, 2.24) is 14.5 Å². The second-order valence-electron chi connectivity index (χ2n) is 6.39. The van der Waals surface area contributed by atoms with Crippen LogP contribution >= 0.6 is 0 Å². The van der Waals surface area contributed by atoms with Gasteiger partial charge >= 0.3 is 0 Å². The van der Waals surface area contributed by atoms with E-state index in [0.717, 1.165) is 16.7 Å². The van der Waals surface area contributed by atoms with Crippen LogP contribution in [0.3, 0.4) is 0 Å². The highest BCUT2D eigenvalue weighted by molar-refractivity contribution is 6.07. The predicted molar refractivity (Wildman–Crippen MR) is 99.3 cm³/mol. The molecule has 0 aliphatic rings. The van der Waals surface area contributed by atoms with Gasteiger partial charge in [0, 0.05) is 17.8 Å². The van der Waals surface area contributed by atoms with Crippen LogP contribution in [0.1, 0.15) is 27.4 Å². The standard InChI is InChI=1S/C20H18N4O2/c1-12-4-7-15(8-5-12)18-19(20(25)21-16-10-14(3)26-23-16)24-11-13(2)6-9-17(24)22-18/h4-11H,1-3H3,(H,21,23,25). The summed E-state index contributed by atoms with van der Waals surface area (Å²) in [5, 5.41) is 6.63. The molecule has 0 aliphatic heterocycles. The van der Waals surface area contributed by atoms with Gasteiger partial charge < -0.3 is 9.84 Å². The molecule has 3 aromatic heterocycles. The summed E-state index contributed by atoms with van der Waals surface area (Å²) in [6.45, 7) is 5.78. The summed E-state index contributed by atoms with van der Waals surface area (Å²) >= 11 is 0. The highest BCUT2D eigenvalue weighted by Gasteiger charge is 2.21. The zero-order chi connectivity index (χ0) is 18.3. The molecule has 0 unspecified atom stereocenters. The minimum absolute atomic E-state index is 0.285. The SMILES string of the molecule is Cc1ccc(-c2nc3ccc(C)cn3c2C(=O)Nc2cc(C)on2)cc1. The van der Waals surface area contributed by atoms with E-state index in [1.54, 1.807) is 13.0 Å². The number of aryl methyl sites for hydroxylation is 3. The topological polar surface area (TPSA) is 72.4 Å². The summed E-state index contributed by atoms with van der Waals surface area (Å²) in [5.41, 5.74) is 4.89. The van der Waals surface area contributed by atoms with Gasteiger partial charge in [-0.1, -0.05) is 41.1 Å². The first kappa shape index (κ1) is 16.1. The van der Waals surface area contributed by atoms with E-state index in [9.17, 15) is 4.79 Å². The smallest absolute Gasteiger partial charge is 0.276 e. The summed E-state index contributed by atoms with van der Waals surface area (Å²) in [6.07, 6.45) is 1.91. The number of carbonyl (C=O) groups is 1. The fourth-order valence-corrected chi connectivity index (χ4v) is 2.88. The summed E-state index contributed by atoms with van der Waals surface area (Å²) in [5.74, 6) is 0.727. The Kier molecular flexibility index (Phi) is 3.80. The maximum absolute atomic E-state index is 13.0. The quantitative estimate of drug-likeness (QED) is 0.604. The van der Waals surface area contributed by atoms with Crippen LogP contribution in [0.4, 0.5) is 5.82 Å². The van der Waals surface area contributed by atoms with Gasteiger partial charge in [-0.05, 0) is 32.4 Å². The molecule has 0 spiro atoms. The van der Waals surface area contributed by atoms with Crippen LogP contribution in [0, 0.1) is 20.8 Å². The molecule has 1 N–H and O–H groups in total. The molecular formula is C20H18N4O2. The molecule has 26 heavy (non-hydrogen) atoms. The first-order valence-corrected chi connectivity index (χ1v) is 8.32. The Morgan fingerprint density at radius 3 is 2.46 bits per heavy atom. The molecule has 0 bridgehead atoms. The fraction of sp³-hybridized carbons (Fsp3) is 0.150. The zero-order valence-electron chi connectivity index (χ0n) is 14.8. The lowest BCUT2D eigenvalue weighted by molar-refractivity contribution is 0.102. The number of fused-ring (bicyclic) bond motifs is 1. The summed E-state index contributed by atoms with van der Waals surface area (Å²) in [7, 11) is 0. The van der Waals surface area contributed by atoms with Crippen LogP contribution in [0.5, 0.6) is 0 Å². The van der Waals surface area contributed by atoms with Crippen molar-refractivity contribution in [3.8, 4) is 11.3 Å². The Bertz CT molecular complexity index is 1110. The molecule has 6 nitrogen and oxygen atoms in total. The molecule has 1 aromatic carbocycles. The van der Waals surface area contributed by atoms with Crippen molar-refractivity contribution in [3.63, 3.8) is 0 Å². The molecule has 3 heterocycles. The minimum atomic E-state index is -0.285. The number of aromatic nitrogens is 3. The monoisotopic (exact) mass is 346 g/mol. The molecule has 1 amide bonds. The van der Waals surface area contributed by atoms with E-state index in [-0.39, 0.29) is 5.91 Å². The van der Waals surface area contributed by atoms with Gasteiger partial charge in [0.25, 0.3) is 5.91 Å². The third-order valence-corrected chi connectivity index (χ3v) is 4.18. The van der Waals surface area contributed by atoms with Crippen LogP contribution in [0.25, 0.3) is 16.9 Å². The van der Waals surface area contributed by atoms with Gasteiger partial charge in [0.1, 0.15) is 22.8 Å². The van der Waals surface area contributed by atoms with Crippen LogP contribution in [0.2, 0.25) is 0 Å². The van der Waals surface area contributed by atoms with Crippen LogP contribution in [0.15, 0.2) is 53.2 Å². The number of hydrogen-bond acceptors (Lipinski definition) is 4. The average Bonchev–Trinajstić information content (AvgIpc) is 3.18. The number of imidazole rings is 1. The van der Waals surface area contributed by atoms with E-state index < -0.39 is 0 Å². The number of amides is 1. The van der Waals surface area contributed by atoms with Crippen molar-refractivity contribution < 1.29 is 9.32 Å². The van der Waals surface area contributed by atoms with Gasteiger partial charge in [0.15, 0.2) is 5.82 Å². The van der Waals surface area contributed by atoms with Gasteiger partial charge in [-0.3, -0.25) is 9.20 Å². The van der Waals surface area contributed by atoms with Crippen molar-refractivity contribution in [2.75, 3.05) is 5.32 Å². The molecule has 0 fully saturated rings. The number of carbonyl (C=O) groups excluding carboxylic acids is 1. The Hall–Kier alpha value is -3.41. The lowest BCUT2D eigenvalue weighted by atomic mass is 10.1. The highest BCUT2D eigenvalue weighted by atomic mass is 16.5. The van der Waals surface area contributed by atoms with E-state index in [2.05, 4.69) is 15.5 Å². The average molecular weight is 346 g/mol. The number of hydrogen-bond donors (Lipinski definition) is 1. The third-order valence-electron chi connectivity index (χ3n) is 4.18. The zero-order valence-corrected chi connectivity index (χ0v) is 14.8. The Labute approximate surface area is 150 Å². The second kappa shape index (κ2) is 6.15. The molecular weight excluding hydrogens is 328 g/mol.